The molecule has 6 nitrogen and oxygen atoms in total. The summed E-state index contributed by atoms with van der Waals surface area (Å²) in [6, 6.07) is 6.51. The van der Waals surface area contributed by atoms with Crippen LogP contribution in [0.15, 0.2) is 41.0 Å². The summed E-state index contributed by atoms with van der Waals surface area (Å²) in [4.78, 5) is 40.4. The molecule has 124 valence electrons. The van der Waals surface area contributed by atoms with Crippen molar-refractivity contribution in [3.63, 3.8) is 0 Å². The smallest absolute Gasteiger partial charge is 0.419 e. The van der Waals surface area contributed by atoms with Gasteiger partial charge in [-0.15, -0.1) is 0 Å². The second kappa shape index (κ2) is 5.52. The van der Waals surface area contributed by atoms with Crippen LogP contribution < -0.4 is 0 Å². The van der Waals surface area contributed by atoms with Crippen LogP contribution in [0, 0.1) is 0 Å². The summed E-state index contributed by atoms with van der Waals surface area (Å²) in [5.41, 5.74) is -0.897. The number of furan rings is 1. The lowest BCUT2D eigenvalue weighted by atomic mass is 10.1. The summed E-state index contributed by atoms with van der Waals surface area (Å²) in [6.45, 7) is 0. The fourth-order valence-electron chi connectivity index (χ4n) is 2.15. The van der Waals surface area contributed by atoms with E-state index in [1.807, 2.05) is 0 Å². The van der Waals surface area contributed by atoms with Gasteiger partial charge in [-0.3, -0.25) is 9.59 Å². The molecular formula is C15H8F3NO5. The maximum absolute atomic E-state index is 12.4. The Morgan fingerprint density at radius 1 is 1.12 bits per heavy atom. The standard InChI is InChI=1S/C15H8F3NO5/c16-15(17,18)8-5-9(23-7-8)6-12(20)24-19-13(21)10-3-1-2-4-11(10)14(19)22/h1-5,7H,6H2. The first-order valence-corrected chi connectivity index (χ1v) is 6.60. The third-order valence-corrected chi connectivity index (χ3v) is 3.25. The number of hydrogen-bond acceptors (Lipinski definition) is 5. The van der Waals surface area contributed by atoms with Gasteiger partial charge in [-0.25, -0.2) is 4.79 Å². The summed E-state index contributed by atoms with van der Waals surface area (Å²) >= 11 is 0. The fourth-order valence-corrected chi connectivity index (χ4v) is 2.15. The highest BCUT2D eigenvalue weighted by atomic mass is 19.4. The topological polar surface area (TPSA) is 76.8 Å². The van der Waals surface area contributed by atoms with Crippen molar-refractivity contribution in [3.8, 4) is 0 Å². The fraction of sp³-hybridized carbons (Fsp3) is 0.133. The maximum atomic E-state index is 12.4. The molecule has 0 radical (unpaired) electrons. The van der Waals surface area contributed by atoms with Crippen molar-refractivity contribution in [2.45, 2.75) is 12.6 Å². The minimum absolute atomic E-state index is 0.0765. The maximum Gasteiger partial charge on any atom is 0.419 e. The van der Waals surface area contributed by atoms with Gasteiger partial charge in [0.25, 0.3) is 11.8 Å². The van der Waals surface area contributed by atoms with Gasteiger partial charge in [-0.1, -0.05) is 17.2 Å². The zero-order valence-corrected chi connectivity index (χ0v) is 11.8. The lowest BCUT2D eigenvalue weighted by Crippen LogP contribution is -2.33. The van der Waals surface area contributed by atoms with Crippen molar-refractivity contribution >= 4 is 17.8 Å². The largest absolute Gasteiger partial charge is 0.468 e. The van der Waals surface area contributed by atoms with E-state index in [1.165, 1.54) is 24.3 Å². The van der Waals surface area contributed by atoms with Crippen LogP contribution in [0.2, 0.25) is 0 Å². The Kier molecular flexibility index (Phi) is 3.63. The summed E-state index contributed by atoms with van der Waals surface area (Å²) in [7, 11) is 0. The SMILES string of the molecule is O=C(Cc1cc(C(F)(F)F)co1)ON1C(=O)c2ccccc2C1=O. The van der Waals surface area contributed by atoms with Gasteiger partial charge in [0, 0.05) is 0 Å². The van der Waals surface area contributed by atoms with E-state index in [1.54, 1.807) is 0 Å². The summed E-state index contributed by atoms with van der Waals surface area (Å²) in [6.07, 6.45) is -4.80. The number of nitrogens with zero attached hydrogens (tertiary/aromatic N) is 1. The molecule has 0 fully saturated rings. The monoisotopic (exact) mass is 339 g/mol. The molecule has 1 aliphatic rings. The zero-order valence-electron chi connectivity index (χ0n) is 11.8. The Hall–Kier alpha value is -3.10. The minimum Gasteiger partial charge on any atom is -0.468 e. The van der Waals surface area contributed by atoms with E-state index < -0.39 is 35.9 Å². The number of rotatable bonds is 3. The van der Waals surface area contributed by atoms with Crippen LogP contribution in [-0.4, -0.2) is 22.8 Å². The molecule has 0 spiro atoms. The molecule has 0 aliphatic carbocycles. The molecule has 0 unspecified atom stereocenters. The van der Waals surface area contributed by atoms with Gasteiger partial charge in [0.05, 0.1) is 16.7 Å². The van der Waals surface area contributed by atoms with Crippen molar-refractivity contribution in [1.29, 1.82) is 0 Å². The van der Waals surface area contributed by atoms with Gasteiger partial charge in [0.1, 0.15) is 18.4 Å². The Balaban J connectivity index is 1.69. The molecule has 1 aromatic heterocycles. The quantitative estimate of drug-likeness (QED) is 0.804. The third kappa shape index (κ3) is 2.75. The van der Waals surface area contributed by atoms with Crippen molar-refractivity contribution in [3.05, 3.63) is 59.0 Å². The van der Waals surface area contributed by atoms with Crippen LogP contribution >= 0.6 is 0 Å². The molecule has 0 saturated carbocycles. The van der Waals surface area contributed by atoms with Gasteiger partial charge in [-0.2, -0.15) is 13.2 Å². The number of carbonyl (C=O) groups excluding carboxylic acids is 3. The van der Waals surface area contributed by atoms with Gasteiger partial charge in [0.2, 0.25) is 0 Å². The van der Waals surface area contributed by atoms with E-state index >= 15 is 0 Å². The summed E-state index contributed by atoms with van der Waals surface area (Å²) < 4.78 is 42.0. The molecule has 0 atom stereocenters. The number of hydrogen-bond donors (Lipinski definition) is 0. The third-order valence-electron chi connectivity index (χ3n) is 3.25. The molecule has 1 aromatic carbocycles. The minimum atomic E-state index is -4.60. The molecule has 3 rings (SSSR count). The van der Waals surface area contributed by atoms with E-state index in [0.717, 1.165) is 0 Å². The number of halogens is 3. The first-order chi connectivity index (χ1) is 11.3. The molecule has 0 saturated heterocycles. The Morgan fingerprint density at radius 2 is 1.71 bits per heavy atom. The van der Waals surface area contributed by atoms with Crippen molar-refractivity contribution in [1.82, 2.24) is 5.06 Å². The normalized spacial score (nSPS) is 14.0. The Labute approximate surface area is 132 Å². The van der Waals surface area contributed by atoms with Gasteiger partial charge >= 0.3 is 12.1 Å². The number of hydroxylamine groups is 2. The predicted octanol–water partition coefficient (Wildman–Crippen LogP) is 2.60. The molecule has 2 heterocycles. The molecule has 0 N–H and O–H groups in total. The van der Waals surface area contributed by atoms with Gasteiger partial charge in [0.15, 0.2) is 0 Å². The van der Waals surface area contributed by atoms with Crippen molar-refractivity contribution < 1.29 is 36.8 Å². The number of imide groups is 1. The molecule has 24 heavy (non-hydrogen) atoms. The second-order valence-electron chi connectivity index (χ2n) is 4.89. The van der Waals surface area contributed by atoms with Gasteiger partial charge in [-0.05, 0) is 18.2 Å². The van der Waals surface area contributed by atoms with Crippen LogP contribution in [0.25, 0.3) is 0 Å². The number of alkyl halides is 3. The van der Waals surface area contributed by atoms with Crippen molar-refractivity contribution in [2.24, 2.45) is 0 Å². The van der Waals surface area contributed by atoms with Crippen LogP contribution in [0.3, 0.4) is 0 Å². The lowest BCUT2D eigenvalue weighted by molar-refractivity contribution is -0.168. The van der Waals surface area contributed by atoms with Crippen molar-refractivity contribution in [2.75, 3.05) is 0 Å². The van der Waals surface area contributed by atoms with E-state index in [0.29, 0.717) is 12.3 Å². The van der Waals surface area contributed by atoms with Gasteiger partial charge < -0.3 is 9.25 Å². The molecule has 9 heteroatoms. The number of fused-ring (bicyclic) bond motifs is 1. The predicted molar refractivity (Wildman–Crippen MR) is 70.4 cm³/mol. The zero-order chi connectivity index (χ0) is 17.5. The first-order valence-electron chi connectivity index (χ1n) is 6.60. The molecule has 0 bridgehead atoms. The molecule has 2 amide bonds. The van der Waals surface area contributed by atoms with E-state index in [-0.39, 0.29) is 22.0 Å². The highest BCUT2D eigenvalue weighted by molar-refractivity contribution is 6.20. The Morgan fingerprint density at radius 3 is 2.21 bits per heavy atom. The van der Waals surface area contributed by atoms with E-state index in [4.69, 9.17) is 0 Å². The average Bonchev–Trinajstić information content (AvgIpc) is 3.07. The molecule has 2 aromatic rings. The number of carbonyl (C=O) groups is 3. The molecular weight excluding hydrogens is 331 g/mol. The van der Waals surface area contributed by atoms with Crippen LogP contribution in [0.5, 0.6) is 0 Å². The van der Waals surface area contributed by atoms with Crippen LogP contribution in [-0.2, 0) is 22.2 Å². The summed E-state index contributed by atoms with van der Waals surface area (Å²) in [5.74, 6) is -3.05. The highest BCUT2D eigenvalue weighted by Crippen LogP contribution is 2.31. The summed E-state index contributed by atoms with van der Waals surface area (Å²) in [5, 5.41) is 0.278. The Bertz CT molecular complexity index is 805. The number of amides is 2. The average molecular weight is 339 g/mol. The number of benzene rings is 1. The lowest BCUT2D eigenvalue weighted by Gasteiger charge is -2.11. The molecule has 1 aliphatic heterocycles. The first kappa shape index (κ1) is 15.8. The highest BCUT2D eigenvalue weighted by Gasteiger charge is 2.39. The van der Waals surface area contributed by atoms with Crippen LogP contribution in [0.1, 0.15) is 32.0 Å². The van der Waals surface area contributed by atoms with Crippen LogP contribution in [0.4, 0.5) is 13.2 Å². The van der Waals surface area contributed by atoms with E-state index in [9.17, 15) is 27.6 Å². The van der Waals surface area contributed by atoms with E-state index in [2.05, 4.69) is 9.25 Å². The second-order valence-corrected chi connectivity index (χ2v) is 4.89.